The summed E-state index contributed by atoms with van der Waals surface area (Å²) in [5, 5.41) is 2.65. The lowest BCUT2D eigenvalue weighted by Crippen LogP contribution is -2.05. The van der Waals surface area contributed by atoms with Crippen LogP contribution in [0.1, 0.15) is 85.5 Å². The predicted molar refractivity (Wildman–Crippen MR) is 149 cm³/mol. The lowest BCUT2D eigenvalue weighted by atomic mass is 9.85. The zero-order valence-corrected chi connectivity index (χ0v) is 21.0. The third-order valence-corrected chi connectivity index (χ3v) is 9.29. The second-order valence-corrected chi connectivity index (χ2v) is 11.4. The molecule has 176 valence electrons. The van der Waals surface area contributed by atoms with Crippen LogP contribution in [0.2, 0.25) is 0 Å². The molecule has 2 heteroatoms. The SMILES string of the molecule is CC1CC(C)c2c1c(-c1ccccc1)nc1cc3c4c(c(-c5ccccc5)nc3cc21)C1CCC4C1. The van der Waals surface area contributed by atoms with E-state index >= 15 is 0 Å². The molecular weight excluding hydrogens is 436 g/mol. The van der Waals surface area contributed by atoms with E-state index in [0.29, 0.717) is 23.7 Å². The van der Waals surface area contributed by atoms with Gasteiger partial charge in [0.1, 0.15) is 0 Å². The molecule has 36 heavy (non-hydrogen) atoms. The summed E-state index contributed by atoms with van der Waals surface area (Å²) in [4.78, 5) is 10.8. The van der Waals surface area contributed by atoms with Crippen LogP contribution in [0.15, 0.2) is 72.8 Å². The lowest BCUT2D eigenvalue weighted by molar-refractivity contribution is 0.662. The van der Waals surface area contributed by atoms with Gasteiger partial charge in [-0.15, -0.1) is 0 Å². The fraction of sp³-hybridized carbons (Fsp3) is 0.294. The van der Waals surface area contributed by atoms with Crippen LogP contribution in [0.3, 0.4) is 0 Å². The van der Waals surface area contributed by atoms with Crippen LogP contribution in [0.25, 0.3) is 44.3 Å². The molecule has 2 aromatic heterocycles. The van der Waals surface area contributed by atoms with Crippen molar-refractivity contribution in [3.63, 3.8) is 0 Å². The summed E-state index contributed by atoms with van der Waals surface area (Å²) in [7, 11) is 0. The van der Waals surface area contributed by atoms with Gasteiger partial charge in [-0.3, -0.25) is 0 Å². The molecule has 2 heterocycles. The Morgan fingerprint density at radius 1 is 0.556 bits per heavy atom. The molecule has 0 N–H and O–H groups in total. The summed E-state index contributed by atoms with van der Waals surface area (Å²) in [6, 6.07) is 26.4. The molecule has 3 aliphatic rings. The fourth-order valence-electron chi connectivity index (χ4n) is 7.89. The van der Waals surface area contributed by atoms with Crippen LogP contribution >= 0.6 is 0 Å². The van der Waals surface area contributed by atoms with Gasteiger partial charge in [0.25, 0.3) is 0 Å². The van der Waals surface area contributed by atoms with Gasteiger partial charge >= 0.3 is 0 Å². The highest BCUT2D eigenvalue weighted by atomic mass is 14.8. The summed E-state index contributed by atoms with van der Waals surface area (Å²) in [6.07, 6.45) is 5.09. The lowest BCUT2D eigenvalue weighted by Gasteiger charge is -2.22. The molecule has 2 nitrogen and oxygen atoms in total. The molecule has 0 saturated heterocycles. The summed E-state index contributed by atoms with van der Waals surface area (Å²) >= 11 is 0. The topological polar surface area (TPSA) is 25.8 Å². The Morgan fingerprint density at radius 3 is 1.67 bits per heavy atom. The largest absolute Gasteiger partial charge is 0.247 e. The van der Waals surface area contributed by atoms with Gasteiger partial charge in [-0.2, -0.15) is 0 Å². The van der Waals surface area contributed by atoms with Crippen molar-refractivity contribution in [2.75, 3.05) is 0 Å². The predicted octanol–water partition coefficient (Wildman–Crippen LogP) is 9.09. The Kier molecular flexibility index (Phi) is 4.30. The molecule has 8 rings (SSSR count). The maximum Gasteiger partial charge on any atom is 0.0747 e. The quantitative estimate of drug-likeness (QED) is 0.242. The van der Waals surface area contributed by atoms with Gasteiger partial charge in [0.15, 0.2) is 0 Å². The van der Waals surface area contributed by atoms with Gasteiger partial charge in [-0.05, 0) is 83.7 Å². The minimum Gasteiger partial charge on any atom is -0.247 e. The maximum atomic E-state index is 5.41. The molecule has 0 radical (unpaired) electrons. The van der Waals surface area contributed by atoms with E-state index in [1.54, 1.807) is 5.56 Å². The minimum absolute atomic E-state index is 0.515. The van der Waals surface area contributed by atoms with Crippen molar-refractivity contribution in [1.29, 1.82) is 0 Å². The average molecular weight is 467 g/mol. The van der Waals surface area contributed by atoms with Crippen LogP contribution in [0.4, 0.5) is 0 Å². The molecule has 3 aliphatic carbocycles. The molecule has 0 amide bonds. The molecule has 5 aromatic rings. The summed E-state index contributed by atoms with van der Waals surface area (Å²) in [5.41, 5.74) is 13.2. The van der Waals surface area contributed by atoms with Gasteiger partial charge in [0.05, 0.1) is 22.4 Å². The zero-order valence-electron chi connectivity index (χ0n) is 21.0. The molecule has 0 aliphatic heterocycles. The number of pyridine rings is 2. The maximum absolute atomic E-state index is 5.41. The number of hydrogen-bond donors (Lipinski definition) is 0. The summed E-state index contributed by atoms with van der Waals surface area (Å²) < 4.78 is 0. The van der Waals surface area contributed by atoms with E-state index in [9.17, 15) is 0 Å². The van der Waals surface area contributed by atoms with Crippen molar-refractivity contribution >= 4 is 21.8 Å². The normalized spacial score (nSPS) is 23.9. The van der Waals surface area contributed by atoms with E-state index in [2.05, 4.69) is 86.6 Å². The van der Waals surface area contributed by atoms with E-state index in [4.69, 9.17) is 9.97 Å². The number of nitrogens with zero attached hydrogens (tertiary/aromatic N) is 2. The Morgan fingerprint density at radius 2 is 1.06 bits per heavy atom. The highest BCUT2D eigenvalue weighted by Crippen LogP contribution is 2.58. The number of rotatable bonds is 2. The third-order valence-electron chi connectivity index (χ3n) is 9.29. The molecule has 4 unspecified atom stereocenters. The minimum atomic E-state index is 0.515. The first kappa shape index (κ1) is 20.7. The highest BCUT2D eigenvalue weighted by Gasteiger charge is 2.41. The average Bonchev–Trinajstić information content (AvgIpc) is 3.62. The first-order valence-corrected chi connectivity index (χ1v) is 13.6. The molecule has 1 saturated carbocycles. The molecular formula is C34H30N2. The van der Waals surface area contributed by atoms with Crippen LogP contribution in [-0.4, -0.2) is 9.97 Å². The smallest absolute Gasteiger partial charge is 0.0747 e. The van der Waals surface area contributed by atoms with Crippen LogP contribution in [0.5, 0.6) is 0 Å². The summed E-state index contributed by atoms with van der Waals surface area (Å²) in [5.74, 6) is 2.36. The van der Waals surface area contributed by atoms with Crippen LogP contribution < -0.4 is 0 Å². The molecule has 0 spiro atoms. The Bertz CT molecular complexity index is 1570. The Hall–Kier alpha value is -3.52. The Labute approximate surface area is 212 Å². The number of benzene rings is 3. The molecule has 3 aromatic carbocycles. The van der Waals surface area contributed by atoms with Gasteiger partial charge in [-0.1, -0.05) is 74.5 Å². The van der Waals surface area contributed by atoms with E-state index in [0.717, 1.165) is 11.0 Å². The highest BCUT2D eigenvalue weighted by molar-refractivity contribution is 6.02. The van der Waals surface area contributed by atoms with Crippen molar-refractivity contribution < 1.29 is 0 Å². The number of hydrogen-bond acceptors (Lipinski definition) is 2. The van der Waals surface area contributed by atoms with Crippen LogP contribution in [-0.2, 0) is 0 Å². The first-order chi connectivity index (χ1) is 17.7. The van der Waals surface area contributed by atoms with Crippen molar-refractivity contribution in [1.82, 2.24) is 9.97 Å². The third kappa shape index (κ3) is 2.79. The molecule has 2 bridgehead atoms. The fourth-order valence-corrected chi connectivity index (χ4v) is 7.89. The second kappa shape index (κ2) is 7.49. The van der Waals surface area contributed by atoms with Gasteiger partial charge in [0, 0.05) is 21.9 Å². The van der Waals surface area contributed by atoms with E-state index in [1.807, 2.05) is 0 Å². The van der Waals surface area contributed by atoms with Crippen molar-refractivity contribution in [3.05, 3.63) is 95.1 Å². The molecule has 4 atom stereocenters. The monoisotopic (exact) mass is 466 g/mol. The van der Waals surface area contributed by atoms with Crippen LogP contribution in [0, 0.1) is 0 Å². The van der Waals surface area contributed by atoms with E-state index in [-0.39, 0.29) is 0 Å². The van der Waals surface area contributed by atoms with Crippen molar-refractivity contribution in [2.45, 2.75) is 63.2 Å². The number of aromatic nitrogens is 2. The Balaban J connectivity index is 1.48. The zero-order chi connectivity index (χ0) is 24.0. The second-order valence-electron chi connectivity index (χ2n) is 11.4. The first-order valence-electron chi connectivity index (χ1n) is 13.6. The van der Waals surface area contributed by atoms with E-state index in [1.165, 1.54) is 75.7 Å². The molecule has 1 fully saturated rings. The van der Waals surface area contributed by atoms with E-state index < -0.39 is 0 Å². The van der Waals surface area contributed by atoms with Gasteiger partial charge in [-0.25, -0.2) is 9.97 Å². The van der Waals surface area contributed by atoms with Gasteiger partial charge < -0.3 is 0 Å². The standard InChI is InChI=1S/C34H30N2/c1-19-15-20(2)30-29(19)25-17-28-26(18-27(25)35-33(30)21-9-5-3-6-10-21)31-23-13-14-24(16-23)32(31)34(36-28)22-11-7-4-8-12-22/h3-12,17-20,23-24H,13-16H2,1-2H3. The number of fused-ring (bicyclic) bond motifs is 10. The van der Waals surface area contributed by atoms with Crippen molar-refractivity contribution in [2.24, 2.45) is 0 Å². The van der Waals surface area contributed by atoms with Gasteiger partial charge in [0.2, 0.25) is 0 Å². The van der Waals surface area contributed by atoms with Crippen molar-refractivity contribution in [3.8, 4) is 22.5 Å². The summed E-state index contributed by atoms with van der Waals surface area (Å²) in [6.45, 7) is 4.77.